The largest absolute Gasteiger partial charge is 0.464 e. The molecule has 2 aromatic rings. The van der Waals surface area contributed by atoms with Gasteiger partial charge in [0, 0.05) is 5.39 Å². The van der Waals surface area contributed by atoms with Gasteiger partial charge in [-0.25, -0.2) is 9.78 Å². The predicted octanol–water partition coefficient (Wildman–Crippen LogP) is 4.23. The monoisotopic (exact) mass is 309 g/mol. The number of methoxy groups -OCH3 is 1. The van der Waals surface area contributed by atoms with E-state index in [4.69, 9.17) is 0 Å². The number of fused-ring (bicyclic) bond motifs is 1. The quantitative estimate of drug-likeness (QED) is 0.779. The lowest BCUT2D eigenvalue weighted by Crippen LogP contribution is -2.11. The molecule has 0 saturated heterocycles. The number of ether oxygens (including phenoxy) is 1. The number of alkyl halides is 3. The van der Waals surface area contributed by atoms with E-state index in [0.29, 0.717) is 16.5 Å². The first-order valence-electron chi connectivity index (χ1n) is 6.92. The number of hydrogen-bond donors (Lipinski definition) is 0. The predicted molar refractivity (Wildman–Crippen MR) is 74.8 cm³/mol. The van der Waals surface area contributed by atoms with Gasteiger partial charge in [-0.15, -0.1) is 0 Å². The van der Waals surface area contributed by atoms with Crippen LogP contribution in [0.2, 0.25) is 0 Å². The van der Waals surface area contributed by atoms with E-state index in [1.807, 2.05) is 0 Å². The topological polar surface area (TPSA) is 39.2 Å². The molecule has 1 aromatic heterocycles. The Bertz CT molecular complexity index is 764. The first kappa shape index (κ1) is 14.8. The summed E-state index contributed by atoms with van der Waals surface area (Å²) in [5.74, 6) is -0.547. The van der Waals surface area contributed by atoms with Gasteiger partial charge in [0.1, 0.15) is 5.69 Å². The Morgan fingerprint density at radius 2 is 1.95 bits per heavy atom. The normalized spacial score (nSPS) is 15.1. The summed E-state index contributed by atoms with van der Waals surface area (Å²) in [6.45, 7) is 1.67. The van der Waals surface area contributed by atoms with E-state index in [1.165, 1.54) is 13.2 Å². The molecule has 3 nitrogen and oxygen atoms in total. The van der Waals surface area contributed by atoms with Gasteiger partial charge in [0.2, 0.25) is 0 Å². The summed E-state index contributed by atoms with van der Waals surface area (Å²) in [7, 11) is 1.17. The molecule has 1 heterocycles. The van der Waals surface area contributed by atoms with Crippen LogP contribution in [0.5, 0.6) is 0 Å². The van der Waals surface area contributed by atoms with Crippen LogP contribution in [0.4, 0.5) is 13.2 Å². The number of aromatic nitrogens is 1. The van der Waals surface area contributed by atoms with Crippen molar-refractivity contribution in [2.24, 2.45) is 0 Å². The maximum Gasteiger partial charge on any atom is 0.418 e. The summed E-state index contributed by atoms with van der Waals surface area (Å²) in [5.41, 5.74) is 0.171. The van der Waals surface area contributed by atoms with Crippen molar-refractivity contribution in [1.82, 2.24) is 4.98 Å². The van der Waals surface area contributed by atoms with Crippen LogP contribution in [0.1, 0.15) is 45.9 Å². The van der Waals surface area contributed by atoms with Crippen molar-refractivity contribution in [1.29, 1.82) is 0 Å². The number of carbonyl (C=O) groups excluding carboxylic acids is 1. The van der Waals surface area contributed by atoms with Gasteiger partial charge in [0.15, 0.2) is 0 Å². The number of halogens is 3. The molecule has 1 aliphatic rings. The van der Waals surface area contributed by atoms with E-state index >= 15 is 0 Å². The SMILES string of the molecule is COC(=O)c1cc(C)c2cc(C3CC3)cc(C(F)(F)F)c2n1. The number of nitrogens with zero attached hydrogens (tertiary/aromatic N) is 1. The number of esters is 1. The standard InChI is InChI=1S/C16H14F3NO2/c1-8-5-13(15(21)22-2)20-14-11(8)6-10(9-3-4-9)7-12(14)16(17,18)19/h5-7,9H,3-4H2,1-2H3. The number of benzene rings is 1. The first-order chi connectivity index (χ1) is 10.3. The molecule has 0 aliphatic heterocycles. The molecule has 0 radical (unpaired) electrons. The van der Waals surface area contributed by atoms with Crippen molar-refractivity contribution in [3.8, 4) is 0 Å². The van der Waals surface area contributed by atoms with Gasteiger partial charge in [0.05, 0.1) is 18.2 Å². The van der Waals surface area contributed by atoms with Crippen LogP contribution in [0.3, 0.4) is 0 Å². The fourth-order valence-electron chi connectivity index (χ4n) is 2.59. The van der Waals surface area contributed by atoms with Crippen LogP contribution in [0.15, 0.2) is 18.2 Å². The van der Waals surface area contributed by atoms with Crippen LogP contribution >= 0.6 is 0 Å². The minimum absolute atomic E-state index is 0.114. The van der Waals surface area contributed by atoms with Gasteiger partial charge in [-0.05, 0) is 55.0 Å². The molecule has 1 aromatic carbocycles. The maximum atomic E-state index is 13.4. The number of carbonyl (C=O) groups is 1. The van der Waals surface area contributed by atoms with Crippen molar-refractivity contribution in [2.45, 2.75) is 31.9 Å². The fourth-order valence-corrected chi connectivity index (χ4v) is 2.59. The number of rotatable bonds is 2. The molecule has 0 spiro atoms. The highest BCUT2D eigenvalue weighted by atomic mass is 19.4. The molecule has 1 aliphatic carbocycles. The van der Waals surface area contributed by atoms with Crippen molar-refractivity contribution >= 4 is 16.9 Å². The number of pyridine rings is 1. The molecular weight excluding hydrogens is 295 g/mol. The molecule has 0 amide bonds. The highest BCUT2D eigenvalue weighted by Gasteiger charge is 2.36. The van der Waals surface area contributed by atoms with Gasteiger partial charge >= 0.3 is 12.1 Å². The molecule has 0 unspecified atom stereocenters. The van der Waals surface area contributed by atoms with Gasteiger partial charge in [-0.3, -0.25) is 0 Å². The summed E-state index contributed by atoms with van der Waals surface area (Å²) in [6, 6.07) is 4.38. The van der Waals surface area contributed by atoms with E-state index in [9.17, 15) is 18.0 Å². The molecule has 0 N–H and O–H groups in total. The van der Waals surface area contributed by atoms with Crippen LogP contribution in [-0.4, -0.2) is 18.1 Å². The molecule has 1 fully saturated rings. The zero-order valence-electron chi connectivity index (χ0n) is 12.1. The Kier molecular flexibility index (Phi) is 3.34. The van der Waals surface area contributed by atoms with Crippen molar-refractivity contribution in [2.75, 3.05) is 7.11 Å². The summed E-state index contributed by atoms with van der Waals surface area (Å²) in [5, 5.41) is 0.435. The third kappa shape index (κ3) is 2.53. The van der Waals surface area contributed by atoms with Crippen LogP contribution in [0, 0.1) is 6.92 Å². The van der Waals surface area contributed by atoms with E-state index < -0.39 is 17.7 Å². The van der Waals surface area contributed by atoms with E-state index in [1.54, 1.807) is 13.0 Å². The Hall–Kier alpha value is -2.11. The van der Waals surface area contributed by atoms with Gasteiger partial charge < -0.3 is 4.74 Å². The van der Waals surface area contributed by atoms with Gasteiger partial charge in [0.25, 0.3) is 0 Å². The van der Waals surface area contributed by atoms with Crippen molar-refractivity contribution in [3.05, 3.63) is 40.6 Å². The zero-order chi connectivity index (χ0) is 16.1. The fraction of sp³-hybridized carbons (Fsp3) is 0.375. The minimum atomic E-state index is -4.52. The lowest BCUT2D eigenvalue weighted by molar-refractivity contribution is -0.136. The average molecular weight is 309 g/mol. The molecule has 6 heteroatoms. The Morgan fingerprint density at radius 3 is 2.50 bits per heavy atom. The second kappa shape index (κ2) is 4.97. The van der Waals surface area contributed by atoms with Crippen LogP contribution in [-0.2, 0) is 10.9 Å². The van der Waals surface area contributed by atoms with E-state index in [-0.39, 0.29) is 17.1 Å². The molecule has 0 atom stereocenters. The molecule has 1 saturated carbocycles. The summed E-state index contributed by atoms with van der Waals surface area (Å²) in [4.78, 5) is 15.5. The number of aryl methyl sites for hydroxylation is 1. The minimum Gasteiger partial charge on any atom is -0.464 e. The van der Waals surface area contributed by atoms with Crippen molar-refractivity contribution in [3.63, 3.8) is 0 Å². The Morgan fingerprint density at radius 1 is 1.27 bits per heavy atom. The lowest BCUT2D eigenvalue weighted by atomic mass is 9.98. The smallest absolute Gasteiger partial charge is 0.418 e. The Balaban J connectivity index is 2.31. The second-order valence-electron chi connectivity index (χ2n) is 5.55. The second-order valence-corrected chi connectivity index (χ2v) is 5.55. The summed E-state index contributed by atoms with van der Waals surface area (Å²) in [6.07, 6.45) is -2.69. The summed E-state index contributed by atoms with van der Waals surface area (Å²) >= 11 is 0. The first-order valence-corrected chi connectivity index (χ1v) is 6.92. The average Bonchev–Trinajstić information content (AvgIpc) is 3.29. The highest BCUT2D eigenvalue weighted by molar-refractivity contribution is 5.94. The van der Waals surface area contributed by atoms with E-state index in [0.717, 1.165) is 18.9 Å². The molecular formula is C16H14F3NO2. The molecule has 116 valence electrons. The summed E-state index contributed by atoms with van der Waals surface area (Å²) < 4.78 is 44.7. The van der Waals surface area contributed by atoms with Gasteiger partial charge in [-0.2, -0.15) is 13.2 Å². The number of hydrogen-bond acceptors (Lipinski definition) is 3. The molecule has 0 bridgehead atoms. The van der Waals surface area contributed by atoms with Crippen LogP contribution in [0.25, 0.3) is 10.9 Å². The Labute approximate surface area is 125 Å². The maximum absolute atomic E-state index is 13.4. The third-order valence-electron chi connectivity index (χ3n) is 3.89. The molecule has 22 heavy (non-hydrogen) atoms. The van der Waals surface area contributed by atoms with Crippen LogP contribution < -0.4 is 0 Å². The van der Waals surface area contributed by atoms with Crippen molar-refractivity contribution < 1.29 is 22.7 Å². The third-order valence-corrected chi connectivity index (χ3v) is 3.89. The lowest BCUT2D eigenvalue weighted by Gasteiger charge is -2.14. The zero-order valence-corrected chi connectivity index (χ0v) is 12.1. The van der Waals surface area contributed by atoms with Gasteiger partial charge in [-0.1, -0.05) is 0 Å². The van der Waals surface area contributed by atoms with E-state index in [2.05, 4.69) is 9.72 Å². The molecule has 3 rings (SSSR count). The highest BCUT2D eigenvalue weighted by Crippen LogP contribution is 2.44.